The fraction of sp³-hybridized carbons (Fsp3) is 0.150. The number of carbonyl (C=O) groups is 1. The number of nitrogens with one attached hydrogen (secondary N) is 1. The van der Waals surface area contributed by atoms with Crippen molar-refractivity contribution >= 4 is 34.4 Å². The number of aryl methyl sites for hydroxylation is 1. The van der Waals surface area contributed by atoms with Crippen LogP contribution in [0, 0.1) is 6.92 Å². The van der Waals surface area contributed by atoms with Crippen molar-refractivity contribution in [1.82, 2.24) is 14.8 Å². The van der Waals surface area contributed by atoms with Crippen LogP contribution in [-0.2, 0) is 0 Å². The van der Waals surface area contributed by atoms with Crippen molar-refractivity contribution in [2.45, 2.75) is 13.8 Å². The molecule has 0 spiro atoms. The van der Waals surface area contributed by atoms with Crippen LogP contribution in [0.5, 0.6) is 5.75 Å². The number of amides is 1. The fourth-order valence-electron chi connectivity index (χ4n) is 2.69. The molecule has 0 radical (unpaired) electrons. The minimum absolute atomic E-state index is 0.209. The predicted octanol–water partition coefficient (Wildman–Crippen LogP) is 5.02. The van der Waals surface area contributed by atoms with E-state index in [0.717, 1.165) is 22.0 Å². The summed E-state index contributed by atoms with van der Waals surface area (Å²) in [5.41, 5.74) is 2.26. The smallest absolute Gasteiger partial charge is 0.256 e. The first-order chi connectivity index (χ1) is 13.6. The Balaban J connectivity index is 1.57. The highest BCUT2D eigenvalue weighted by Crippen LogP contribution is 2.29. The molecule has 0 fully saturated rings. The summed E-state index contributed by atoms with van der Waals surface area (Å²) in [5.74, 6) is 1.12. The molecule has 0 atom stereocenters. The Morgan fingerprint density at radius 1 is 1.21 bits per heavy atom. The Bertz CT molecular complexity index is 1080. The van der Waals surface area contributed by atoms with E-state index in [1.165, 1.54) is 11.3 Å². The summed E-state index contributed by atoms with van der Waals surface area (Å²) in [6, 6.07) is 12.9. The van der Waals surface area contributed by atoms with Gasteiger partial charge >= 0.3 is 0 Å². The first-order valence-corrected chi connectivity index (χ1v) is 10.5. The lowest BCUT2D eigenvalue weighted by molar-refractivity contribution is 0.102. The summed E-state index contributed by atoms with van der Waals surface area (Å²) >= 11 is 3.13. The van der Waals surface area contributed by atoms with Crippen molar-refractivity contribution in [1.29, 1.82) is 0 Å². The van der Waals surface area contributed by atoms with Crippen LogP contribution >= 0.6 is 22.7 Å². The number of rotatable bonds is 6. The monoisotopic (exact) mass is 410 g/mol. The molecule has 0 unspecified atom stereocenters. The third-order valence-electron chi connectivity index (χ3n) is 3.95. The molecule has 1 amide bonds. The summed E-state index contributed by atoms with van der Waals surface area (Å²) in [6.45, 7) is 4.40. The zero-order valence-electron chi connectivity index (χ0n) is 15.4. The minimum Gasteiger partial charge on any atom is -0.494 e. The number of aromatic nitrogens is 3. The van der Waals surface area contributed by atoms with Crippen molar-refractivity contribution in [3.63, 3.8) is 0 Å². The molecule has 3 heterocycles. The Morgan fingerprint density at radius 3 is 2.75 bits per heavy atom. The maximum absolute atomic E-state index is 12.7. The molecule has 4 aromatic rings. The van der Waals surface area contributed by atoms with Gasteiger partial charge in [0, 0.05) is 17.0 Å². The Hall–Kier alpha value is -2.97. The summed E-state index contributed by atoms with van der Waals surface area (Å²) in [7, 11) is 0. The zero-order valence-corrected chi connectivity index (χ0v) is 17.0. The maximum Gasteiger partial charge on any atom is 0.256 e. The van der Waals surface area contributed by atoms with Gasteiger partial charge in [0.05, 0.1) is 22.9 Å². The number of thiazole rings is 1. The predicted molar refractivity (Wildman–Crippen MR) is 113 cm³/mol. The number of nitrogens with zero attached hydrogens (tertiary/aromatic N) is 3. The number of ether oxygens (including phenoxy) is 1. The number of hydrogen-bond donors (Lipinski definition) is 1. The van der Waals surface area contributed by atoms with Gasteiger partial charge in [0.15, 0.2) is 0 Å². The second-order valence-electron chi connectivity index (χ2n) is 5.99. The minimum atomic E-state index is -0.209. The second-order valence-corrected chi connectivity index (χ2v) is 7.77. The van der Waals surface area contributed by atoms with Gasteiger partial charge in [0.2, 0.25) is 5.13 Å². The lowest BCUT2D eigenvalue weighted by Gasteiger charge is -2.07. The SMILES string of the molecule is CCOc1ccc(C(=O)Nc2cc(C)nn2-c2nc(-c3cccs3)cs2)cc1. The highest BCUT2D eigenvalue weighted by molar-refractivity contribution is 7.15. The molecule has 0 aliphatic carbocycles. The van der Waals surface area contributed by atoms with Crippen molar-refractivity contribution < 1.29 is 9.53 Å². The van der Waals surface area contributed by atoms with Gasteiger partial charge in [-0.15, -0.1) is 22.7 Å². The zero-order chi connectivity index (χ0) is 19.5. The van der Waals surface area contributed by atoms with E-state index in [1.54, 1.807) is 40.3 Å². The summed E-state index contributed by atoms with van der Waals surface area (Å²) in [6.07, 6.45) is 0. The molecule has 0 bridgehead atoms. The van der Waals surface area contributed by atoms with E-state index in [1.807, 2.05) is 42.8 Å². The van der Waals surface area contributed by atoms with Crippen LogP contribution in [0.3, 0.4) is 0 Å². The highest BCUT2D eigenvalue weighted by atomic mass is 32.1. The highest BCUT2D eigenvalue weighted by Gasteiger charge is 2.15. The summed E-state index contributed by atoms with van der Waals surface area (Å²) in [5, 5.41) is 12.2. The molecule has 1 N–H and O–H groups in total. The van der Waals surface area contributed by atoms with Crippen LogP contribution in [0.4, 0.5) is 5.82 Å². The molecule has 0 aliphatic rings. The van der Waals surface area contributed by atoms with Crippen LogP contribution in [0.2, 0.25) is 0 Å². The molecular weight excluding hydrogens is 392 g/mol. The molecular formula is C20H18N4O2S2. The van der Waals surface area contributed by atoms with E-state index in [4.69, 9.17) is 4.74 Å². The number of carbonyl (C=O) groups excluding carboxylic acids is 1. The van der Waals surface area contributed by atoms with Gasteiger partial charge in [-0.1, -0.05) is 6.07 Å². The standard InChI is InChI=1S/C20H18N4O2S2/c1-3-26-15-8-6-14(7-9-15)19(25)22-18-11-13(2)23-24(18)20-21-16(12-28-20)17-5-4-10-27-17/h4-12H,3H2,1-2H3,(H,22,25). The Labute approximate surface area is 170 Å². The van der Waals surface area contributed by atoms with Gasteiger partial charge in [-0.3, -0.25) is 4.79 Å². The van der Waals surface area contributed by atoms with Crippen molar-refractivity contribution in [3.05, 3.63) is 64.5 Å². The van der Waals surface area contributed by atoms with Crippen LogP contribution in [0.1, 0.15) is 23.0 Å². The van der Waals surface area contributed by atoms with Crippen molar-refractivity contribution in [2.75, 3.05) is 11.9 Å². The number of thiophene rings is 1. The number of hydrogen-bond acceptors (Lipinski definition) is 6. The largest absolute Gasteiger partial charge is 0.494 e. The van der Waals surface area contributed by atoms with Gasteiger partial charge in [-0.25, -0.2) is 4.98 Å². The maximum atomic E-state index is 12.7. The van der Waals surface area contributed by atoms with Crippen molar-refractivity contribution in [3.8, 4) is 21.5 Å². The average molecular weight is 411 g/mol. The summed E-state index contributed by atoms with van der Waals surface area (Å²) < 4.78 is 7.09. The normalized spacial score (nSPS) is 10.8. The Kier molecular flexibility index (Phi) is 5.23. The molecule has 8 heteroatoms. The van der Waals surface area contributed by atoms with Gasteiger partial charge in [0.1, 0.15) is 11.6 Å². The van der Waals surface area contributed by atoms with Crippen LogP contribution < -0.4 is 10.1 Å². The second kappa shape index (κ2) is 7.95. The van der Waals surface area contributed by atoms with Crippen LogP contribution in [0.15, 0.2) is 53.2 Å². The van der Waals surface area contributed by atoms with Crippen LogP contribution in [0.25, 0.3) is 15.7 Å². The van der Waals surface area contributed by atoms with Crippen molar-refractivity contribution in [2.24, 2.45) is 0 Å². The molecule has 0 saturated heterocycles. The average Bonchev–Trinajstić information content (AvgIpc) is 3.43. The molecule has 0 saturated carbocycles. The van der Waals surface area contributed by atoms with Gasteiger partial charge in [-0.2, -0.15) is 9.78 Å². The quantitative estimate of drug-likeness (QED) is 0.485. The topological polar surface area (TPSA) is 69.0 Å². The van der Waals surface area contributed by atoms with E-state index >= 15 is 0 Å². The summed E-state index contributed by atoms with van der Waals surface area (Å²) in [4.78, 5) is 18.4. The fourth-order valence-corrected chi connectivity index (χ4v) is 4.24. The van der Waals surface area contributed by atoms with E-state index in [2.05, 4.69) is 15.4 Å². The van der Waals surface area contributed by atoms with E-state index in [0.29, 0.717) is 23.1 Å². The lowest BCUT2D eigenvalue weighted by Crippen LogP contribution is -2.15. The van der Waals surface area contributed by atoms with E-state index in [-0.39, 0.29) is 5.91 Å². The molecule has 28 heavy (non-hydrogen) atoms. The molecule has 1 aromatic carbocycles. The van der Waals surface area contributed by atoms with Gasteiger partial charge in [0.25, 0.3) is 5.91 Å². The molecule has 0 aliphatic heterocycles. The Morgan fingerprint density at radius 2 is 2.04 bits per heavy atom. The van der Waals surface area contributed by atoms with Gasteiger partial charge in [-0.05, 0) is 49.6 Å². The van der Waals surface area contributed by atoms with E-state index < -0.39 is 0 Å². The molecule has 6 nitrogen and oxygen atoms in total. The number of anilines is 1. The lowest BCUT2D eigenvalue weighted by atomic mass is 10.2. The third kappa shape index (κ3) is 3.83. The van der Waals surface area contributed by atoms with E-state index in [9.17, 15) is 4.79 Å². The molecule has 3 aromatic heterocycles. The third-order valence-corrected chi connectivity index (χ3v) is 5.66. The number of benzene rings is 1. The van der Waals surface area contributed by atoms with Crippen LogP contribution in [-0.4, -0.2) is 27.3 Å². The van der Waals surface area contributed by atoms with Gasteiger partial charge < -0.3 is 10.1 Å². The first-order valence-electron chi connectivity index (χ1n) is 8.74. The molecule has 142 valence electrons. The first kappa shape index (κ1) is 18.4. The molecule has 4 rings (SSSR count).